The predicted octanol–water partition coefficient (Wildman–Crippen LogP) is 1.25. The lowest BCUT2D eigenvalue weighted by Crippen LogP contribution is -2.41. The van der Waals surface area contributed by atoms with E-state index in [2.05, 4.69) is 29.3 Å². The molecule has 2 nitrogen and oxygen atoms in total. The van der Waals surface area contributed by atoms with Gasteiger partial charge in [-0.3, -0.25) is 4.90 Å². The molecule has 74 valence electrons. The summed E-state index contributed by atoms with van der Waals surface area (Å²) in [4.78, 5) is 2.53. The van der Waals surface area contributed by atoms with Gasteiger partial charge in [-0.25, -0.2) is 0 Å². The first-order valence-corrected chi connectivity index (χ1v) is 5.45. The van der Waals surface area contributed by atoms with Crippen molar-refractivity contribution in [2.45, 2.75) is 25.8 Å². The Labute approximate surface area is 81.0 Å². The highest BCUT2D eigenvalue weighted by atomic mass is 15.1. The molecule has 2 atom stereocenters. The maximum absolute atomic E-state index is 3.56. The van der Waals surface area contributed by atoms with Crippen LogP contribution in [0, 0.1) is 5.92 Å². The summed E-state index contributed by atoms with van der Waals surface area (Å²) in [5, 5.41) is 3.56. The van der Waals surface area contributed by atoms with Crippen LogP contribution in [-0.2, 0) is 0 Å². The molecule has 1 saturated heterocycles. The van der Waals surface area contributed by atoms with E-state index in [0.29, 0.717) is 0 Å². The van der Waals surface area contributed by atoms with Crippen LogP contribution in [0.5, 0.6) is 0 Å². The number of hydrogen-bond donors (Lipinski definition) is 1. The van der Waals surface area contributed by atoms with Crippen LogP contribution in [0.25, 0.3) is 0 Å². The van der Waals surface area contributed by atoms with Crippen molar-refractivity contribution in [3.8, 4) is 0 Å². The van der Waals surface area contributed by atoms with E-state index in [1.165, 1.54) is 39.0 Å². The van der Waals surface area contributed by atoms with Gasteiger partial charge in [0.1, 0.15) is 0 Å². The molecule has 0 amide bonds. The number of hydrogen-bond acceptors (Lipinski definition) is 2. The first-order valence-electron chi connectivity index (χ1n) is 5.45. The van der Waals surface area contributed by atoms with Crippen LogP contribution < -0.4 is 5.32 Å². The summed E-state index contributed by atoms with van der Waals surface area (Å²) < 4.78 is 0. The van der Waals surface area contributed by atoms with Crippen LogP contribution in [0.1, 0.15) is 19.8 Å². The molecule has 0 radical (unpaired) electrons. The summed E-state index contributed by atoms with van der Waals surface area (Å²) in [6, 6.07) is 0.743. The fourth-order valence-electron chi connectivity index (χ4n) is 2.25. The topological polar surface area (TPSA) is 15.3 Å². The Hall–Kier alpha value is -0.340. The van der Waals surface area contributed by atoms with E-state index in [-0.39, 0.29) is 0 Å². The third-order valence-corrected chi connectivity index (χ3v) is 3.17. The van der Waals surface area contributed by atoms with Gasteiger partial charge in [-0.05, 0) is 32.2 Å². The number of piperidine rings is 1. The van der Waals surface area contributed by atoms with E-state index in [1.807, 2.05) is 0 Å². The summed E-state index contributed by atoms with van der Waals surface area (Å²) >= 11 is 0. The van der Waals surface area contributed by atoms with E-state index in [1.54, 1.807) is 0 Å². The second kappa shape index (κ2) is 4.25. The van der Waals surface area contributed by atoms with Crippen LogP contribution in [0.2, 0.25) is 0 Å². The summed E-state index contributed by atoms with van der Waals surface area (Å²) in [6.45, 7) is 7.14. The average Bonchev–Trinajstić information content (AvgIpc) is 2.62. The molecular formula is C11H20N2. The second-order valence-corrected chi connectivity index (χ2v) is 4.44. The lowest BCUT2D eigenvalue weighted by Gasteiger charge is -2.30. The van der Waals surface area contributed by atoms with Crippen molar-refractivity contribution in [1.82, 2.24) is 10.2 Å². The fourth-order valence-corrected chi connectivity index (χ4v) is 2.25. The highest BCUT2D eigenvalue weighted by Crippen LogP contribution is 2.16. The van der Waals surface area contributed by atoms with Crippen molar-refractivity contribution in [2.75, 3.05) is 26.2 Å². The molecule has 1 fully saturated rings. The summed E-state index contributed by atoms with van der Waals surface area (Å²) in [5.74, 6) is 0.885. The quantitative estimate of drug-likeness (QED) is 0.643. The molecule has 13 heavy (non-hydrogen) atoms. The molecule has 0 bridgehead atoms. The minimum atomic E-state index is 0.743. The molecular weight excluding hydrogens is 160 g/mol. The van der Waals surface area contributed by atoms with Crippen LogP contribution >= 0.6 is 0 Å². The SMILES string of the molecule is CC1CCC(CN2CC=CC2)CN1. The molecule has 0 aromatic rings. The van der Waals surface area contributed by atoms with E-state index >= 15 is 0 Å². The van der Waals surface area contributed by atoms with E-state index < -0.39 is 0 Å². The molecule has 1 N–H and O–H groups in total. The summed E-state index contributed by atoms with van der Waals surface area (Å²) in [5.41, 5.74) is 0. The standard InChI is InChI=1S/C11H20N2/c1-10-4-5-11(8-12-10)9-13-6-2-3-7-13/h2-3,10-12H,4-9H2,1H3. The van der Waals surface area contributed by atoms with Crippen molar-refractivity contribution in [3.63, 3.8) is 0 Å². The monoisotopic (exact) mass is 180 g/mol. The molecule has 0 aromatic carbocycles. The van der Waals surface area contributed by atoms with Crippen molar-refractivity contribution < 1.29 is 0 Å². The van der Waals surface area contributed by atoms with Crippen LogP contribution in [0.3, 0.4) is 0 Å². The van der Waals surface area contributed by atoms with Gasteiger partial charge >= 0.3 is 0 Å². The van der Waals surface area contributed by atoms with Gasteiger partial charge in [-0.1, -0.05) is 12.2 Å². The highest BCUT2D eigenvalue weighted by Gasteiger charge is 2.19. The Balaban J connectivity index is 1.70. The van der Waals surface area contributed by atoms with Gasteiger partial charge in [-0.15, -0.1) is 0 Å². The Bertz CT molecular complexity index is 173. The first kappa shape index (κ1) is 9.22. The molecule has 2 rings (SSSR count). The Morgan fingerprint density at radius 3 is 2.69 bits per heavy atom. The zero-order valence-corrected chi connectivity index (χ0v) is 8.50. The maximum Gasteiger partial charge on any atom is 0.0167 e. The second-order valence-electron chi connectivity index (χ2n) is 4.44. The van der Waals surface area contributed by atoms with Crippen LogP contribution in [0.4, 0.5) is 0 Å². The molecule has 2 aliphatic rings. The number of rotatable bonds is 2. The molecule has 0 spiro atoms. The highest BCUT2D eigenvalue weighted by molar-refractivity contribution is 4.96. The van der Waals surface area contributed by atoms with Gasteiger partial charge in [0.25, 0.3) is 0 Å². The molecule has 2 heteroatoms. The smallest absolute Gasteiger partial charge is 0.0167 e. The zero-order chi connectivity index (χ0) is 9.10. The van der Waals surface area contributed by atoms with Gasteiger partial charge in [-0.2, -0.15) is 0 Å². The third-order valence-electron chi connectivity index (χ3n) is 3.17. The largest absolute Gasteiger partial charge is 0.314 e. The van der Waals surface area contributed by atoms with Crippen molar-refractivity contribution in [3.05, 3.63) is 12.2 Å². The van der Waals surface area contributed by atoms with Gasteiger partial charge in [0, 0.05) is 25.7 Å². The molecule has 2 heterocycles. The van der Waals surface area contributed by atoms with Crippen LogP contribution in [-0.4, -0.2) is 37.1 Å². The van der Waals surface area contributed by atoms with Crippen molar-refractivity contribution in [1.29, 1.82) is 0 Å². The molecule has 0 aliphatic carbocycles. The Morgan fingerprint density at radius 2 is 2.08 bits per heavy atom. The zero-order valence-electron chi connectivity index (χ0n) is 8.50. The van der Waals surface area contributed by atoms with Gasteiger partial charge in [0.15, 0.2) is 0 Å². The Morgan fingerprint density at radius 1 is 1.31 bits per heavy atom. The van der Waals surface area contributed by atoms with Gasteiger partial charge in [0.05, 0.1) is 0 Å². The van der Waals surface area contributed by atoms with E-state index in [9.17, 15) is 0 Å². The fraction of sp³-hybridized carbons (Fsp3) is 0.818. The lowest BCUT2D eigenvalue weighted by atomic mass is 9.95. The first-order chi connectivity index (χ1) is 6.34. The summed E-state index contributed by atoms with van der Waals surface area (Å²) in [6.07, 6.45) is 7.31. The van der Waals surface area contributed by atoms with Crippen molar-refractivity contribution in [2.24, 2.45) is 5.92 Å². The summed E-state index contributed by atoms with van der Waals surface area (Å²) in [7, 11) is 0. The van der Waals surface area contributed by atoms with Crippen LogP contribution in [0.15, 0.2) is 12.2 Å². The average molecular weight is 180 g/mol. The predicted molar refractivity (Wildman–Crippen MR) is 55.8 cm³/mol. The normalized spacial score (nSPS) is 35.5. The molecule has 2 unspecified atom stereocenters. The Kier molecular flexibility index (Phi) is 3.01. The van der Waals surface area contributed by atoms with E-state index in [0.717, 1.165) is 12.0 Å². The maximum atomic E-state index is 3.56. The minimum Gasteiger partial charge on any atom is -0.314 e. The minimum absolute atomic E-state index is 0.743. The van der Waals surface area contributed by atoms with Gasteiger partial charge < -0.3 is 5.32 Å². The molecule has 0 aromatic heterocycles. The van der Waals surface area contributed by atoms with Gasteiger partial charge in [0.2, 0.25) is 0 Å². The molecule has 2 aliphatic heterocycles. The third kappa shape index (κ3) is 2.55. The molecule has 0 saturated carbocycles. The van der Waals surface area contributed by atoms with Crippen molar-refractivity contribution >= 4 is 0 Å². The van der Waals surface area contributed by atoms with E-state index in [4.69, 9.17) is 0 Å². The lowest BCUT2D eigenvalue weighted by molar-refractivity contribution is 0.232. The number of nitrogens with one attached hydrogen (secondary N) is 1. The number of nitrogens with zero attached hydrogens (tertiary/aromatic N) is 1.